The summed E-state index contributed by atoms with van der Waals surface area (Å²) in [5, 5.41) is 3.32. The first-order valence-electron chi connectivity index (χ1n) is 7.31. The van der Waals surface area contributed by atoms with E-state index in [1.807, 2.05) is 0 Å². The second-order valence-corrected chi connectivity index (χ2v) is 5.40. The fourth-order valence-corrected chi connectivity index (χ4v) is 2.63. The monoisotopic (exact) mass is 266 g/mol. The summed E-state index contributed by atoms with van der Waals surface area (Å²) in [6.45, 7) is 7.87. The smallest absolute Gasteiger partial charge is 0.122 e. The molecule has 19 heavy (non-hydrogen) atoms. The van der Waals surface area contributed by atoms with E-state index in [0.717, 1.165) is 51.1 Å². The van der Waals surface area contributed by atoms with Crippen LogP contribution in [0.25, 0.3) is 0 Å². The fraction of sp³-hybridized carbons (Fsp3) is 0.733. The van der Waals surface area contributed by atoms with Crippen molar-refractivity contribution in [3.8, 4) is 0 Å². The van der Waals surface area contributed by atoms with E-state index in [2.05, 4.69) is 30.3 Å². The Kier molecular flexibility index (Phi) is 5.89. The number of hydrogen-bond acceptors (Lipinski definition) is 4. The molecule has 1 saturated heterocycles. The zero-order valence-electron chi connectivity index (χ0n) is 12.2. The van der Waals surface area contributed by atoms with Crippen LogP contribution in [0.3, 0.4) is 0 Å². The van der Waals surface area contributed by atoms with Crippen LogP contribution in [-0.4, -0.2) is 38.3 Å². The lowest BCUT2D eigenvalue weighted by atomic mass is 10.00. The third kappa shape index (κ3) is 4.64. The molecule has 0 unspecified atom stereocenters. The molecule has 1 aliphatic rings. The summed E-state index contributed by atoms with van der Waals surface area (Å²) in [6.07, 6.45) is 4.18. The first kappa shape index (κ1) is 14.6. The molecular weight excluding hydrogens is 240 g/mol. The van der Waals surface area contributed by atoms with Crippen LogP contribution in [0.15, 0.2) is 16.7 Å². The van der Waals surface area contributed by atoms with Gasteiger partial charge in [0, 0.05) is 31.9 Å². The number of hydrogen-bond donors (Lipinski definition) is 1. The lowest BCUT2D eigenvalue weighted by Gasteiger charge is -2.27. The Hall–Kier alpha value is -0.840. The van der Waals surface area contributed by atoms with Crippen molar-refractivity contribution in [1.82, 2.24) is 10.2 Å². The maximum absolute atomic E-state index is 5.55. The van der Waals surface area contributed by atoms with Crippen molar-refractivity contribution < 1.29 is 9.15 Å². The number of nitrogens with one attached hydrogen (secondary N) is 1. The molecule has 2 rings (SSSR count). The summed E-state index contributed by atoms with van der Waals surface area (Å²) in [5.74, 6) is 1.85. The molecule has 4 nitrogen and oxygen atoms in total. The van der Waals surface area contributed by atoms with E-state index >= 15 is 0 Å². The van der Waals surface area contributed by atoms with Gasteiger partial charge in [-0.3, -0.25) is 0 Å². The van der Waals surface area contributed by atoms with Crippen molar-refractivity contribution in [1.29, 1.82) is 0 Å². The maximum atomic E-state index is 5.55. The van der Waals surface area contributed by atoms with Gasteiger partial charge >= 0.3 is 0 Å². The molecule has 1 aromatic rings. The molecular formula is C15H26N2O2. The minimum Gasteiger partial charge on any atom is -0.468 e. The minimum absolute atomic E-state index is 0.780. The highest BCUT2D eigenvalue weighted by atomic mass is 16.5. The number of nitrogens with zero attached hydrogens (tertiary/aromatic N) is 1. The zero-order chi connectivity index (χ0) is 13.5. The van der Waals surface area contributed by atoms with Gasteiger partial charge in [-0.15, -0.1) is 0 Å². The average Bonchev–Trinajstić information content (AvgIpc) is 2.84. The summed E-state index contributed by atoms with van der Waals surface area (Å²) in [4.78, 5) is 2.40. The lowest BCUT2D eigenvalue weighted by molar-refractivity contribution is 0.0549. The Labute approximate surface area is 116 Å². The normalized spacial score (nSPS) is 17.2. The lowest BCUT2D eigenvalue weighted by Crippen LogP contribution is -2.29. The Bertz CT molecular complexity index is 359. The Balaban J connectivity index is 1.80. The van der Waals surface area contributed by atoms with Crippen molar-refractivity contribution in [2.24, 2.45) is 5.92 Å². The van der Waals surface area contributed by atoms with Crippen molar-refractivity contribution in [2.45, 2.75) is 32.9 Å². The molecule has 1 aliphatic heterocycles. The molecule has 4 heteroatoms. The van der Waals surface area contributed by atoms with Gasteiger partial charge in [-0.1, -0.05) is 6.92 Å². The van der Waals surface area contributed by atoms with Crippen molar-refractivity contribution in [3.63, 3.8) is 0 Å². The highest BCUT2D eigenvalue weighted by molar-refractivity contribution is 5.16. The van der Waals surface area contributed by atoms with Crippen molar-refractivity contribution in [2.75, 3.05) is 33.4 Å². The van der Waals surface area contributed by atoms with Crippen LogP contribution in [0.4, 0.5) is 0 Å². The van der Waals surface area contributed by atoms with E-state index in [-0.39, 0.29) is 0 Å². The largest absolute Gasteiger partial charge is 0.468 e. The van der Waals surface area contributed by atoms with E-state index in [9.17, 15) is 0 Å². The maximum Gasteiger partial charge on any atom is 0.122 e. The van der Waals surface area contributed by atoms with Crippen molar-refractivity contribution >= 4 is 0 Å². The summed E-state index contributed by atoms with van der Waals surface area (Å²) in [7, 11) is 2.19. The van der Waals surface area contributed by atoms with Gasteiger partial charge in [0.2, 0.25) is 0 Å². The molecule has 0 amide bonds. The van der Waals surface area contributed by atoms with Gasteiger partial charge < -0.3 is 19.4 Å². The van der Waals surface area contributed by atoms with E-state index in [0.29, 0.717) is 0 Å². The molecule has 0 saturated carbocycles. The SMILES string of the molecule is CCNCc1occc1CN(C)CC1CCOCC1. The molecule has 2 heterocycles. The second-order valence-electron chi connectivity index (χ2n) is 5.40. The van der Waals surface area contributed by atoms with Gasteiger partial charge in [-0.05, 0) is 38.4 Å². The van der Waals surface area contributed by atoms with Gasteiger partial charge in [0.25, 0.3) is 0 Å². The quantitative estimate of drug-likeness (QED) is 0.821. The Morgan fingerprint density at radius 2 is 2.16 bits per heavy atom. The zero-order valence-corrected chi connectivity index (χ0v) is 12.2. The summed E-state index contributed by atoms with van der Waals surface area (Å²) < 4.78 is 11.0. The Morgan fingerprint density at radius 1 is 1.37 bits per heavy atom. The third-order valence-electron chi connectivity index (χ3n) is 3.72. The molecule has 0 aliphatic carbocycles. The first-order chi connectivity index (χ1) is 9.29. The molecule has 0 bridgehead atoms. The molecule has 0 atom stereocenters. The fourth-order valence-electron chi connectivity index (χ4n) is 2.63. The van der Waals surface area contributed by atoms with E-state index in [1.54, 1.807) is 6.26 Å². The number of ether oxygens (including phenoxy) is 1. The van der Waals surface area contributed by atoms with Crippen LogP contribution in [0.1, 0.15) is 31.1 Å². The van der Waals surface area contributed by atoms with E-state index in [4.69, 9.17) is 9.15 Å². The summed E-state index contributed by atoms with van der Waals surface area (Å²) in [6, 6.07) is 2.09. The minimum atomic E-state index is 0.780. The predicted molar refractivity (Wildman–Crippen MR) is 76.0 cm³/mol. The van der Waals surface area contributed by atoms with Gasteiger partial charge in [-0.25, -0.2) is 0 Å². The van der Waals surface area contributed by atoms with Crippen LogP contribution in [0.5, 0.6) is 0 Å². The van der Waals surface area contributed by atoms with E-state index < -0.39 is 0 Å². The molecule has 0 radical (unpaired) electrons. The van der Waals surface area contributed by atoms with Crippen LogP contribution in [-0.2, 0) is 17.8 Å². The van der Waals surface area contributed by atoms with Crippen molar-refractivity contribution in [3.05, 3.63) is 23.7 Å². The predicted octanol–water partition coefficient (Wildman–Crippen LogP) is 2.25. The molecule has 0 aromatic carbocycles. The molecule has 108 valence electrons. The van der Waals surface area contributed by atoms with Gasteiger partial charge in [0.1, 0.15) is 5.76 Å². The number of rotatable bonds is 7. The van der Waals surface area contributed by atoms with E-state index in [1.165, 1.54) is 18.4 Å². The highest BCUT2D eigenvalue weighted by Crippen LogP contribution is 2.18. The molecule has 1 fully saturated rings. The molecule has 1 N–H and O–H groups in total. The summed E-state index contributed by atoms with van der Waals surface area (Å²) in [5.41, 5.74) is 1.30. The highest BCUT2D eigenvalue weighted by Gasteiger charge is 2.17. The second kappa shape index (κ2) is 7.68. The van der Waals surface area contributed by atoms with Crippen LogP contribution < -0.4 is 5.32 Å². The summed E-state index contributed by atoms with van der Waals surface area (Å²) >= 11 is 0. The Morgan fingerprint density at radius 3 is 2.89 bits per heavy atom. The average molecular weight is 266 g/mol. The number of furan rings is 1. The van der Waals surface area contributed by atoms with Gasteiger partial charge in [-0.2, -0.15) is 0 Å². The van der Waals surface area contributed by atoms with Gasteiger partial charge in [0.15, 0.2) is 0 Å². The topological polar surface area (TPSA) is 37.6 Å². The van der Waals surface area contributed by atoms with Crippen LogP contribution >= 0.6 is 0 Å². The standard InChI is InChI=1S/C15H26N2O2/c1-3-16-10-15-14(6-9-19-15)12-17(2)11-13-4-7-18-8-5-13/h6,9,13,16H,3-5,7-8,10-12H2,1-2H3. The van der Waals surface area contributed by atoms with Crippen LogP contribution in [0.2, 0.25) is 0 Å². The molecule has 0 spiro atoms. The first-order valence-corrected chi connectivity index (χ1v) is 7.31. The molecule has 1 aromatic heterocycles. The van der Waals surface area contributed by atoms with Crippen LogP contribution in [0, 0.1) is 5.92 Å². The third-order valence-corrected chi connectivity index (χ3v) is 3.72. The van der Waals surface area contributed by atoms with Gasteiger partial charge in [0.05, 0.1) is 12.8 Å².